The summed E-state index contributed by atoms with van der Waals surface area (Å²) in [6.07, 6.45) is 2.56. The fraction of sp³-hybridized carbons (Fsp3) is 0.136. The standard InChI is InChI=1S/C22H21F3N8O/c1-29-9-17(8-28)15-5-19-20(31-12-32-33(19)11-15)13-2-3-14(18(4-13)22(23,24)25)10-30-21(34)16(6-26)7-27/h2-9,11-12,26,28-29H,10,27H2,1H3,(H,30,34)/b16-7+,17-9+,26-6?,28-8?. The number of benzene rings is 1. The van der Waals surface area contributed by atoms with Gasteiger partial charge in [0.1, 0.15) is 6.33 Å². The summed E-state index contributed by atoms with van der Waals surface area (Å²) < 4.78 is 43.0. The predicted molar refractivity (Wildman–Crippen MR) is 122 cm³/mol. The molecule has 0 aliphatic carbocycles. The van der Waals surface area contributed by atoms with Gasteiger partial charge in [0, 0.05) is 61.3 Å². The van der Waals surface area contributed by atoms with E-state index in [9.17, 15) is 18.0 Å². The Balaban J connectivity index is 2.05. The molecule has 1 aromatic carbocycles. The highest BCUT2D eigenvalue weighted by Crippen LogP contribution is 2.36. The van der Waals surface area contributed by atoms with Crippen molar-refractivity contribution in [3.8, 4) is 11.3 Å². The van der Waals surface area contributed by atoms with Crippen molar-refractivity contribution in [1.29, 1.82) is 10.8 Å². The molecule has 6 N–H and O–H groups in total. The highest BCUT2D eigenvalue weighted by Gasteiger charge is 2.34. The van der Waals surface area contributed by atoms with Crippen molar-refractivity contribution in [2.45, 2.75) is 12.7 Å². The fourth-order valence-electron chi connectivity index (χ4n) is 3.28. The third kappa shape index (κ3) is 4.95. The lowest BCUT2D eigenvalue weighted by atomic mass is 10.0. The maximum atomic E-state index is 13.9. The van der Waals surface area contributed by atoms with Crippen LogP contribution < -0.4 is 16.4 Å². The monoisotopic (exact) mass is 470 g/mol. The number of halogens is 3. The number of nitrogens with zero attached hydrogens (tertiary/aromatic N) is 3. The summed E-state index contributed by atoms with van der Waals surface area (Å²) in [6.45, 7) is -0.412. The van der Waals surface area contributed by atoms with Crippen LogP contribution in [0.1, 0.15) is 16.7 Å². The zero-order chi connectivity index (χ0) is 24.9. The van der Waals surface area contributed by atoms with Crippen LogP contribution in [0.4, 0.5) is 13.2 Å². The van der Waals surface area contributed by atoms with Gasteiger partial charge in [-0.15, -0.1) is 0 Å². The molecule has 0 spiro atoms. The van der Waals surface area contributed by atoms with E-state index in [-0.39, 0.29) is 22.4 Å². The summed E-state index contributed by atoms with van der Waals surface area (Å²) in [5.74, 6) is -0.760. The summed E-state index contributed by atoms with van der Waals surface area (Å²) in [5, 5.41) is 24.0. The molecule has 0 saturated carbocycles. The van der Waals surface area contributed by atoms with Gasteiger partial charge in [-0.2, -0.15) is 18.3 Å². The van der Waals surface area contributed by atoms with Gasteiger partial charge in [-0.3, -0.25) is 4.79 Å². The van der Waals surface area contributed by atoms with E-state index in [0.717, 1.165) is 18.5 Å². The van der Waals surface area contributed by atoms with Gasteiger partial charge in [0.25, 0.3) is 5.91 Å². The minimum Gasteiger partial charge on any atom is -0.404 e. The Morgan fingerprint density at radius 1 is 1.24 bits per heavy atom. The topological polar surface area (TPSA) is 145 Å². The number of hydrogen-bond acceptors (Lipinski definition) is 7. The molecule has 0 aliphatic heterocycles. The smallest absolute Gasteiger partial charge is 0.404 e. The number of allylic oxidation sites excluding steroid dienone is 1. The van der Waals surface area contributed by atoms with Crippen LogP contribution in [0.15, 0.2) is 54.8 Å². The number of carbonyl (C=O) groups is 1. The van der Waals surface area contributed by atoms with Crippen molar-refractivity contribution >= 4 is 29.4 Å². The zero-order valence-corrected chi connectivity index (χ0v) is 17.9. The molecule has 2 aromatic heterocycles. The van der Waals surface area contributed by atoms with Gasteiger partial charge in [0.05, 0.1) is 22.3 Å². The number of rotatable bonds is 8. The molecule has 0 atom stereocenters. The van der Waals surface area contributed by atoms with Crippen LogP contribution >= 0.6 is 0 Å². The van der Waals surface area contributed by atoms with Crippen LogP contribution in [-0.2, 0) is 17.5 Å². The molecule has 0 saturated heterocycles. The lowest BCUT2D eigenvalue weighted by Gasteiger charge is -2.15. The van der Waals surface area contributed by atoms with Crippen molar-refractivity contribution in [2.24, 2.45) is 5.73 Å². The average molecular weight is 470 g/mol. The molecule has 176 valence electrons. The van der Waals surface area contributed by atoms with Crippen LogP contribution in [-0.4, -0.2) is 40.0 Å². The van der Waals surface area contributed by atoms with Crippen LogP contribution in [0.3, 0.4) is 0 Å². The molecule has 0 bridgehead atoms. The quantitative estimate of drug-likeness (QED) is 0.254. The van der Waals surface area contributed by atoms with Gasteiger partial charge in [-0.05, 0) is 17.7 Å². The lowest BCUT2D eigenvalue weighted by Crippen LogP contribution is -2.27. The number of aromatic nitrogens is 3. The van der Waals surface area contributed by atoms with Crippen molar-refractivity contribution in [2.75, 3.05) is 7.05 Å². The molecule has 34 heavy (non-hydrogen) atoms. The Labute approximate surface area is 192 Å². The number of amides is 1. The van der Waals surface area contributed by atoms with Crippen LogP contribution in [0.25, 0.3) is 22.3 Å². The molecule has 12 heteroatoms. The van der Waals surface area contributed by atoms with Crippen LogP contribution in [0.2, 0.25) is 0 Å². The van der Waals surface area contributed by atoms with E-state index in [2.05, 4.69) is 20.7 Å². The number of nitrogens with one attached hydrogen (secondary N) is 4. The van der Waals surface area contributed by atoms with Gasteiger partial charge in [0.2, 0.25) is 0 Å². The van der Waals surface area contributed by atoms with E-state index in [4.69, 9.17) is 16.6 Å². The third-order valence-corrected chi connectivity index (χ3v) is 4.92. The Morgan fingerprint density at radius 2 is 2.00 bits per heavy atom. The largest absolute Gasteiger partial charge is 0.416 e. The molecule has 3 aromatic rings. The number of fused-ring (bicyclic) bond motifs is 1. The second-order valence-corrected chi connectivity index (χ2v) is 7.02. The first-order valence-electron chi connectivity index (χ1n) is 9.86. The highest BCUT2D eigenvalue weighted by atomic mass is 19.4. The van der Waals surface area contributed by atoms with Gasteiger partial charge in [-0.25, -0.2) is 9.50 Å². The van der Waals surface area contributed by atoms with E-state index >= 15 is 0 Å². The molecule has 2 heterocycles. The molecular weight excluding hydrogens is 449 g/mol. The molecular formula is C22H21F3N8O. The number of alkyl halides is 3. The molecule has 3 rings (SSSR count). The average Bonchev–Trinajstić information content (AvgIpc) is 3.25. The molecule has 0 aliphatic rings. The third-order valence-electron chi connectivity index (χ3n) is 4.92. The normalized spacial score (nSPS) is 12.5. The molecule has 0 fully saturated rings. The van der Waals surface area contributed by atoms with Gasteiger partial charge in [-0.1, -0.05) is 12.1 Å². The molecule has 9 nitrogen and oxygen atoms in total. The van der Waals surface area contributed by atoms with Crippen LogP contribution in [0, 0.1) is 10.8 Å². The number of carbonyl (C=O) groups excluding carboxylic acids is 1. The summed E-state index contributed by atoms with van der Waals surface area (Å²) in [7, 11) is 1.69. The van der Waals surface area contributed by atoms with E-state index in [1.807, 2.05) is 0 Å². The second kappa shape index (κ2) is 9.98. The Bertz CT molecular complexity index is 1310. The first-order chi connectivity index (χ1) is 16.2. The Hall–Kier alpha value is -4.48. The Kier molecular flexibility index (Phi) is 7.09. The van der Waals surface area contributed by atoms with E-state index < -0.39 is 24.2 Å². The van der Waals surface area contributed by atoms with Crippen molar-refractivity contribution in [3.05, 3.63) is 71.5 Å². The zero-order valence-electron chi connectivity index (χ0n) is 17.9. The van der Waals surface area contributed by atoms with Gasteiger partial charge < -0.3 is 27.2 Å². The fourth-order valence-corrected chi connectivity index (χ4v) is 3.28. The SMILES string of the molecule is CN/C=C(\C=N)c1cc2c(-c3ccc(CNC(=O)/C(C=N)=C/N)c(C(F)(F)F)c3)ncnn2c1. The summed E-state index contributed by atoms with van der Waals surface area (Å²) in [5.41, 5.74) is 6.10. The maximum absolute atomic E-state index is 13.9. The molecule has 0 unspecified atom stereocenters. The predicted octanol–water partition coefficient (Wildman–Crippen LogP) is 2.73. The van der Waals surface area contributed by atoms with E-state index in [1.54, 1.807) is 25.5 Å². The maximum Gasteiger partial charge on any atom is 0.416 e. The van der Waals surface area contributed by atoms with E-state index in [0.29, 0.717) is 22.9 Å². The summed E-state index contributed by atoms with van der Waals surface area (Å²) >= 11 is 0. The van der Waals surface area contributed by atoms with Crippen LogP contribution in [0.5, 0.6) is 0 Å². The molecule has 0 radical (unpaired) electrons. The van der Waals surface area contributed by atoms with Crippen molar-refractivity contribution in [3.63, 3.8) is 0 Å². The summed E-state index contributed by atoms with van der Waals surface area (Å²) in [6, 6.07) is 5.39. The van der Waals surface area contributed by atoms with Crippen molar-refractivity contribution < 1.29 is 18.0 Å². The highest BCUT2D eigenvalue weighted by molar-refractivity contribution is 6.11. The summed E-state index contributed by atoms with van der Waals surface area (Å²) in [4.78, 5) is 16.2. The van der Waals surface area contributed by atoms with Crippen molar-refractivity contribution in [1.82, 2.24) is 25.2 Å². The lowest BCUT2D eigenvalue weighted by molar-refractivity contribution is -0.138. The minimum absolute atomic E-state index is 0.157. The minimum atomic E-state index is -4.69. The second-order valence-electron chi connectivity index (χ2n) is 7.02. The molecule has 1 amide bonds. The van der Waals surface area contributed by atoms with Gasteiger partial charge >= 0.3 is 6.18 Å². The van der Waals surface area contributed by atoms with Gasteiger partial charge in [0.15, 0.2) is 0 Å². The first-order valence-corrected chi connectivity index (χ1v) is 9.86. The van der Waals surface area contributed by atoms with E-state index in [1.165, 1.54) is 23.0 Å². The Morgan fingerprint density at radius 3 is 2.62 bits per heavy atom. The number of hydrogen-bond donors (Lipinski definition) is 5. The first kappa shape index (κ1) is 24.2. The number of nitrogens with two attached hydrogens (primary N) is 1.